The van der Waals surface area contributed by atoms with E-state index < -0.39 is 43.6 Å². The number of nitrogens with zero attached hydrogens (tertiary/aromatic N) is 1. The van der Waals surface area contributed by atoms with Gasteiger partial charge in [-0.05, 0) is 76.3 Å². The van der Waals surface area contributed by atoms with Gasteiger partial charge in [-0.25, -0.2) is 4.79 Å². The van der Waals surface area contributed by atoms with Gasteiger partial charge in [-0.3, -0.25) is 9.56 Å². The van der Waals surface area contributed by atoms with Crippen molar-refractivity contribution in [2.45, 2.75) is 78.4 Å². The molecule has 0 bridgehead atoms. The number of aliphatic imine (C=N–C) groups is 1. The number of alkyl carbamates (subject to hydrolysis) is 1. The van der Waals surface area contributed by atoms with Gasteiger partial charge >= 0.3 is 13.7 Å². The highest BCUT2D eigenvalue weighted by atomic mass is 31.2. The van der Waals surface area contributed by atoms with Crippen LogP contribution < -0.4 is 5.32 Å². The molecule has 0 heterocycles. The van der Waals surface area contributed by atoms with Crippen LogP contribution in [0.5, 0.6) is 0 Å². The first-order chi connectivity index (χ1) is 18.9. The van der Waals surface area contributed by atoms with Gasteiger partial charge in [0, 0.05) is 0 Å². The largest absolute Gasteiger partial charge is 0.444 e. The quantitative estimate of drug-likeness (QED) is 0.209. The highest BCUT2D eigenvalue weighted by molar-refractivity contribution is 7.72. The zero-order valence-corrected chi connectivity index (χ0v) is 25.1. The molecule has 0 aliphatic heterocycles. The summed E-state index contributed by atoms with van der Waals surface area (Å²) < 4.78 is 32.7. The smallest absolute Gasteiger partial charge is 0.408 e. The van der Waals surface area contributed by atoms with Crippen molar-refractivity contribution in [2.24, 2.45) is 4.99 Å². The first-order valence-corrected chi connectivity index (χ1v) is 15.2. The van der Waals surface area contributed by atoms with Crippen molar-refractivity contribution in [3.8, 4) is 11.1 Å². The maximum atomic E-state index is 14.9. The number of fused-ring (bicyclic) bond motifs is 3. The molecule has 0 fully saturated rings. The molecule has 7 nitrogen and oxygen atoms in total. The fraction of sp³-hybridized carbons (Fsp3) is 0.375. The van der Waals surface area contributed by atoms with Crippen molar-refractivity contribution in [2.75, 3.05) is 0 Å². The van der Waals surface area contributed by atoms with Gasteiger partial charge in [0.05, 0.1) is 12.2 Å². The Morgan fingerprint density at radius 3 is 1.75 bits per heavy atom. The van der Waals surface area contributed by atoms with E-state index in [0.717, 1.165) is 22.3 Å². The lowest BCUT2D eigenvalue weighted by Crippen LogP contribution is -2.39. The lowest BCUT2D eigenvalue weighted by Gasteiger charge is -2.31. The zero-order valence-electron chi connectivity index (χ0n) is 24.3. The summed E-state index contributed by atoms with van der Waals surface area (Å²) in [7, 11) is -4.07. The molecule has 212 valence electrons. The average molecular weight is 563 g/mol. The second kappa shape index (κ2) is 12.1. The predicted molar refractivity (Wildman–Crippen MR) is 160 cm³/mol. The molecule has 1 amide bonds. The van der Waals surface area contributed by atoms with Crippen LogP contribution in [0.3, 0.4) is 0 Å². The van der Waals surface area contributed by atoms with E-state index in [4.69, 9.17) is 18.8 Å². The van der Waals surface area contributed by atoms with Crippen LogP contribution in [0.25, 0.3) is 11.1 Å². The molecule has 1 aliphatic carbocycles. The minimum atomic E-state index is -4.07. The standard InChI is InChI=1S/C32H39N2O5P/c1-21(2)38-40(36,39-22(3)4)30(28(23-15-9-8-10-16-23)34-31(35)37-32(5,6)7)33-29-26-19-13-11-17-24(26)25-18-12-14-20-27(25)29/h8-22,28-29H,1-7H3,(H,34,35)/t28-/m0/s1. The molecule has 3 aromatic carbocycles. The Hall–Kier alpha value is -3.25. The Morgan fingerprint density at radius 2 is 1.27 bits per heavy atom. The second-order valence-electron chi connectivity index (χ2n) is 11.4. The van der Waals surface area contributed by atoms with Gasteiger partial charge in [0.1, 0.15) is 17.7 Å². The van der Waals surface area contributed by atoms with Crippen molar-refractivity contribution < 1.29 is 23.1 Å². The van der Waals surface area contributed by atoms with E-state index in [1.54, 1.807) is 48.5 Å². The molecule has 1 N–H and O–H groups in total. The van der Waals surface area contributed by atoms with Crippen LogP contribution >= 0.6 is 7.60 Å². The van der Waals surface area contributed by atoms with Crippen LogP contribution in [0.4, 0.5) is 4.79 Å². The number of hydrogen-bond donors (Lipinski definition) is 1. The third kappa shape index (κ3) is 6.90. The first kappa shape index (κ1) is 29.7. The van der Waals surface area contributed by atoms with E-state index in [1.165, 1.54) is 0 Å². The van der Waals surface area contributed by atoms with Gasteiger partial charge in [0.25, 0.3) is 0 Å². The van der Waals surface area contributed by atoms with Gasteiger partial charge in [-0.2, -0.15) is 0 Å². The molecule has 1 atom stereocenters. The number of ether oxygens (including phenoxy) is 1. The highest BCUT2D eigenvalue weighted by Gasteiger charge is 2.43. The van der Waals surface area contributed by atoms with Crippen molar-refractivity contribution >= 4 is 19.1 Å². The molecule has 1 aliphatic rings. The molecule has 0 spiro atoms. The monoisotopic (exact) mass is 562 g/mol. The molecule has 8 heteroatoms. The Labute approximate surface area is 237 Å². The summed E-state index contributed by atoms with van der Waals surface area (Å²) in [6, 6.07) is 24.0. The van der Waals surface area contributed by atoms with Crippen LogP contribution in [-0.2, 0) is 18.3 Å². The van der Waals surface area contributed by atoms with Gasteiger partial charge < -0.3 is 19.1 Å². The highest BCUT2D eigenvalue weighted by Crippen LogP contribution is 2.57. The average Bonchev–Trinajstić information content (AvgIpc) is 3.18. The van der Waals surface area contributed by atoms with Gasteiger partial charge in [-0.1, -0.05) is 78.9 Å². The first-order valence-electron chi connectivity index (χ1n) is 13.7. The minimum absolute atomic E-state index is 0.114. The predicted octanol–water partition coefficient (Wildman–Crippen LogP) is 8.46. The van der Waals surface area contributed by atoms with Gasteiger partial charge in [-0.15, -0.1) is 0 Å². The molecular weight excluding hydrogens is 523 g/mol. The lowest BCUT2D eigenvalue weighted by molar-refractivity contribution is 0.0517. The van der Waals surface area contributed by atoms with Crippen LogP contribution in [0, 0.1) is 0 Å². The third-order valence-corrected chi connectivity index (χ3v) is 8.43. The number of carbonyl (C=O) groups is 1. The zero-order chi connectivity index (χ0) is 29.1. The van der Waals surface area contributed by atoms with E-state index in [1.807, 2.05) is 66.7 Å². The number of carbonyl (C=O) groups excluding carboxylic acids is 1. The Balaban J connectivity index is 1.97. The SMILES string of the molecule is CC(C)OP(=O)(OC(C)C)C(=NC1c2ccccc2-c2ccccc21)[C@@H](NC(=O)OC(C)(C)C)c1ccccc1. The van der Waals surface area contributed by atoms with Crippen LogP contribution in [0.1, 0.15) is 77.2 Å². The molecule has 0 radical (unpaired) electrons. The molecule has 4 rings (SSSR count). The number of benzene rings is 3. The summed E-state index contributed by atoms with van der Waals surface area (Å²) >= 11 is 0. The van der Waals surface area contributed by atoms with Crippen molar-refractivity contribution in [3.05, 3.63) is 95.6 Å². The summed E-state index contributed by atoms with van der Waals surface area (Å²) in [5.74, 6) is 0. The number of rotatable bonds is 9. The Morgan fingerprint density at radius 1 is 0.800 bits per heavy atom. The Kier molecular flexibility index (Phi) is 8.99. The third-order valence-electron chi connectivity index (χ3n) is 6.09. The Bertz CT molecular complexity index is 1350. The van der Waals surface area contributed by atoms with Crippen LogP contribution in [0.15, 0.2) is 83.9 Å². The maximum absolute atomic E-state index is 14.9. The van der Waals surface area contributed by atoms with Crippen molar-refractivity contribution in [1.82, 2.24) is 5.32 Å². The van der Waals surface area contributed by atoms with Crippen molar-refractivity contribution in [3.63, 3.8) is 0 Å². The molecule has 0 saturated heterocycles. The number of nitrogens with one attached hydrogen (secondary N) is 1. The van der Waals surface area contributed by atoms with Crippen LogP contribution in [0.2, 0.25) is 0 Å². The molecule has 40 heavy (non-hydrogen) atoms. The topological polar surface area (TPSA) is 86.2 Å². The van der Waals surface area contributed by atoms with Gasteiger partial charge in [0.2, 0.25) is 0 Å². The summed E-state index contributed by atoms with van der Waals surface area (Å²) in [5, 5.41) is 2.94. The summed E-state index contributed by atoms with van der Waals surface area (Å²) in [6.07, 6.45) is -1.53. The van der Waals surface area contributed by atoms with E-state index >= 15 is 0 Å². The van der Waals surface area contributed by atoms with E-state index in [-0.39, 0.29) is 5.45 Å². The molecule has 0 unspecified atom stereocenters. The molecule has 3 aromatic rings. The fourth-order valence-corrected chi connectivity index (χ4v) is 6.92. The van der Waals surface area contributed by atoms with E-state index in [2.05, 4.69) is 17.4 Å². The molecular formula is C32H39N2O5P. The lowest BCUT2D eigenvalue weighted by atomic mass is 10.0. The van der Waals surface area contributed by atoms with E-state index in [9.17, 15) is 9.36 Å². The normalized spacial score (nSPS) is 14.7. The van der Waals surface area contributed by atoms with E-state index in [0.29, 0.717) is 5.56 Å². The maximum Gasteiger partial charge on any atom is 0.408 e. The summed E-state index contributed by atoms with van der Waals surface area (Å²) in [4.78, 5) is 18.4. The number of hydrogen-bond acceptors (Lipinski definition) is 6. The molecule has 0 saturated carbocycles. The fourth-order valence-electron chi connectivity index (χ4n) is 4.76. The summed E-state index contributed by atoms with van der Waals surface area (Å²) in [6.45, 7) is 12.6. The van der Waals surface area contributed by atoms with Crippen molar-refractivity contribution in [1.29, 1.82) is 0 Å². The van der Waals surface area contributed by atoms with Gasteiger partial charge in [0.15, 0.2) is 5.45 Å². The second-order valence-corrected chi connectivity index (χ2v) is 13.2. The minimum Gasteiger partial charge on any atom is -0.444 e. The molecule has 0 aromatic heterocycles. The summed E-state index contributed by atoms with van der Waals surface area (Å²) in [5.41, 5.74) is 4.13. The number of amides is 1. The van der Waals surface area contributed by atoms with Crippen LogP contribution in [-0.4, -0.2) is 29.4 Å².